The number of hydrogen-bond acceptors (Lipinski definition) is 6. The lowest BCUT2D eigenvalue weighted by atomic mass is 9.99. The van der Waals surface area contributed by atoms with E-state index >= 15 is 0 Å². The summed E-state index contributed by atoms with van der Waals surface area (Å²) in [6.07, 6.45) is 4.99. The average molecular weight is 439 g/mol. The minimum absolute atomic E-state index is 0.0907. The number of pyridine rings is 1. The summed E-state index contributed by atoms with van der Waals surface area (Å²) in [6.45, 7) is 5.72. The number of hydrogen-bond donors (Lipinski definition) is 0. The lowest BCUT2D eigenvalue weighted by Crippen LogP contribution is -2.55. The van der Waals surface area contributed by atoms with Gasteiger partial charge in [0.25, 0.3) is 5.91 Å². The van der Waals surface area contributed by atoms with Gasteiger partial charge in [-0.05, 0) is 44.7 Å². The van der Waals surface area contributed by atoms with Crippen molar-refractivity contribution in [3.05, 3.63) is 29.6 Å². The van der Waals surface area contributed by atoms with E-state index in [1.54, 1.807) is 22.3 Å². The van der Waals surface area contributed by atoms with Gasteiger partial charge in [0.15, 0.2) is 0 Å². The predicted octanol–water partition coefficient (Wildman–Crippen LogP) is 1.37. The SMILES string of the molecule is Cc1cccc(C(=O)N(C)CCN(C2CCOCC2)C2CCCN(S(C)(=O)=O)C2)n1. The molecule has 0 radical (unpaired) electrons. The second-order valence-electron chi connectivity index (χ2n) is 8.39. The number of carbonyl (C=O) groups is 1. The fraction of sp³-hybridized carbons (Fsp3) is 0.714. The number of aryl methyl sites for hydroxylation is 1. The van der Waals surface area contributed by atoms with Gasteiger partial charge in [0.2, 0.25) is 10.0 Å². The Balaban J connectivity index is 1.69. The molecule has 3 rings (SSSR count). The molecule has 2 saturated heterocycles. The number of rotatable bonds is 7. The van der Waals surface area contributed by atoms with Crippen molar-refractivity contribution in [2.75, 3.05) is 52.7 Å². The molecule has 0 aliphatic carbocycles. The van der Waals surface area contributed by atoms with Crippen LogP contribution >= 0.6 is 0 Å². The van der Waals surface area contributed by atoms with Gasteiger partial charge in [0.1, 0.15) is 5.69 Å². The number of ether oxygens (including phenoxy) is 1. The zero-order valence-corrected chi connectivity index (χ0v) is 19.1. The topological polar surface area (TPSA) is 83.0 Å². The van der Waals surface area contributed by atoms with Gasteiger partial charge in [-0.15, -0.1) is 0 Å². The molecule has 168 valence electrons. The lowest BCUT2D eigenvalue weighted by molar-refractivity contribution is 0.00316. The van der Waals surface area contributed by atoms with Crippen molar-refractivity contribution in [1.29, 1.82) is 0 Å². The van der Waals surface area contributed by atoms with E-state index in [-0.39, 0.29) is 11.9 Å². The van der Waals surface area contributed by atoms with E-state index in [4.69, 9.17) is 4.74 Å². The quantitative estimate of drug-likeness (QED) is 0.639. The number of likely N-dealkylation sites (N-methyl/N-ethyl adjacent to an activating group) is 1. The molecule has 0 bridgehead atoms. The molecule has 3 heterocycles. The van der Waals surface area contributed by atoms with E-state index in [1.807, 2.05) is 19.1 Å². The Labute approximate surface area is 180 Å². The maximum atomic E-state index is 12.8. The number of aromatic nitrogens is 1. The molecule has 1 unspecified atom stereocenters. The third kappa shape index (κ3) is 6.00. The van der Waals surface area contributed by atoms with Gasteiger partial charge < -0.3 is 9.64 Å². The standard InChI is InChI=1S/C21H34N4O4S/c1-17-6-4-8-20(22-17)21(26)23(2)12-13-25(18-9-14-29-15-10-18)19-7-5-11-24(16-19)30(3,27)28/h4,6,8,18-19H,5,7,9-16H2,1-3H3. The van der Waals surface area contributed by atoms with Crippen LogP contribution in [0.15, 0.2) is 18.2 Å². The van der Waals surface area contributed by atoms with Crippen molar-refractivity contribution in [2.24, 2.45) is 0 Å². The van der Waals surface area contributed by atoms with E-state index in [2.05, 4.69) is 9.88 Å². The molecule has 2 aliphatic rings. The van der Waals surface area contributed by atoms with E-state index in [1.165, 1.54) is 6.26 Å². The van der Waals surface area contributed by atoms with Gasteiger partial charge in [-0.25, -0.2) is 17.7 Å². The highest BCUT2D eigenvalue weighted by Gasteiger charge is 2.34. The first-order valence-corrected chi connectivity index (χ1v) is 12.6. The smallest absolute Gasteiger partial charge is 0.272 e. The molecular formula is C21H34N4O4S. The van der Waals surface area contributed by atoms with Crippen molar-refractivity contribution < 1.29 is 17.9 Å². The summed E-state index contributed by atoms with van der Waals surface area (Å²) in [5.74, 6) is -0.0907. The largest absolute Gasteiger partial charge is 0.381 e. The molecule has 1 aromatic rings. The Morgan fingerprint density at radius 1 is 1.20 bits per heavy atom. The van der Waals surface area contributed by atoms with Gasteiger partial charge in [-0.1, -0.05) is 6.07 Å². The fourth-order valence-corrected chi connectivity index (χ4v) is 5.30. The van der Waals surface area contributed by atoms with Gasteiger partial charge in [-0.2, -0.15) is 0 Å². The third-order valence-electron chi connectivity index (χ3n) is 6.10. The van der Waals surface area contributed by atoms with Crippen molar-refractivity contribution in [3.63, 3.8) is 0 Å². The second kappa shape index (κ2) is 10.2. The van der Waals surface area contributed by atoms with Crippen LogP contribution in [0.1, 0.15) is 41.9 Å². The van der Waals surface area contributed by atoms with Crippen LogP contribution in [0.3, 0.4) is 0 Å². The maximum absolute atomic E-state index is 12.8. The monoisotopic (exact) mass is 438 g/mol. The molecule has 1 aromatic heterocycles. The van der Waals surface area contributed by atoms with Crippen LogP contribution in [-0.4, -0.2) is 98.2 Å². The van der Waals surface area contributed by atoms with Gasteiger partial charge >= 0.3 is 0 Å². The summed E-state index contributed by atoms with van der Waals surface area (Å²) in [7, 11) is -1.39. The summed E-state index contributed by atoms with van der Waals surface area (Å²) < 4.78 is 31.3. The van der Waals surface area contributed by atoms with Crippen LogP contribution in [0.5, 0.6) is 0 Å². The zero-order valence-electron chi connectivity index (χ0n) is 18.3. The van der Waals surface area contributed by atoms with Crippen LogP contribution in [0.2, 0.25) is 0 Å². The summed E-state index contributed by atoms with van der Waals surface area (Å²) >= 11 is 0. The molecule has 1 amide bonds. The first-order chi connectivity index (χ1) is 14.3. The first kappa shape index (κ1) is 23.1. The Kier molecular flexibility index (Phi) is 7.84. The molecule has 9 heteroatoms. The molecule has 1 atom stereocenters. The fourth-order valence-electron chi connectivity index (χ4n) is 4.40. The van der Waals surface area contributed by atoms with Gasteiger partial charge in [0, 0.05) is 64.2 Å². The number of piperidine rings is 1. The number of sulfonamides is 1. The molecule has 2 aliphatic heterocycles. The van der Waals surface area contributed by atoms with E-state index in [0.29, 0.717) is 37.9 Å². The highest BCUT2D eigenvalue weighted by molar-refractivity contribution is 7.88. The number of nitrogens with zero attached hydrogens (tertiary/aromatic N) is 4. The highest BCUT2D eigenvalue weighted by atomic mass is 32.2. The molecule has 8 nitrogen and oxygen atoms in total. The van der Waals surface area contributed by atoms with Crippen LogP contribution in [0.4, 0.5) is 0 Å². The van der Waals surface area contributed by atoms with Crippen LogP contribution in [-0.2, 0) is 14.8 Å². The molecule has 0 saturated carbocycles. The molecule has 2 fully saturated rings. The van der Waals surface area contributed by atoms with E-state index in [9.17, 15) is 13.2 Å². The van der Waals surface area contributed by atoms with Crippen molar-refractivity contribution >= 4 is 15.9 Å². The number of carbonyl (C=O) groups excluding carboxylic acids is 1. The average Bonchev–Trinajstić information content (AvgIpc) is 2.73. The minimum Gasteiger partial charge on any atom is -0.381 e. The number of amides is 1. The molecule has 0 N–H and O–H groups in total. The van der Waals surface area contributed by atoms with E-state index < -0.39 is 10.0 Å². The lowest BCUT2D eigenvalue weighted by Gasteiger charge is -2.44. The summed E-state index contributed by atoms with van der Waals surface area (Å²) in [6, 6.07) is 5.98. The van der Waals surface area contributed by atoms with Gasteiger partial charge in [-0.3, -0.25) is 9.69 Å². The maximum Gasteiger partial charge on any atom is 0.272 e. The molecule has 0 aromatic carbocycles. The molecular weight excluding hydrogens is 404 g/mol. The highest BCUT2D eigenvalue weighted by Crippen LogP contribution is 2.24. The van der Waals surface area contributed by atoms with E-state index in [0.717, 1.165) is 44.6 Å². The second-order valence-corrected chi connectivity index (χ2v) is 10.4. The predicted molar refractivity (Wildman–Crippen MR) is 116 cm³/mol. The van der Waals surface area contributed by atoms with Crippen molar-refractivity contribution in [3.8, 4) is 0 Å². The van der Waals surface area contributed by atoms with Crippen molar-refractivity contribution in [2.45, 2.75) is 44.7 Å². The summed E-state index contributed by atoms with van der Waals surface area (Å²) in [5.41, 5.74) is 1.28. The summed E-state index contributed by atoms with van der Waals surface area (Å²) in [4.78, 5) is 21.3. The first-order valence-electron chi connectivity index (χ1n) is 10.7. The zero-order chi connectivity index (χ0) is 21.7. The van der Waals surface area contributed by atoms with Crippen LogP contribution in [0.25, 0.3) is 0 Å². The third-order valence-corrected chi connectivity index (χ3v) is 7.37. The normalized spacial score (nSPS) is 21.7. The summed E-state index contributed by atoms with van der Waals surface area (Å²) in [5, 5.41) is 0. The van der Waals surface area contributed by atoms with Crippen LogP contribution < -0.4 is 0 Å². The Morgan fingerprint density at radius 3 is 2.60 bits per heavy atom. The Hall–Kier alpha value is -1.55. The molecule has 30 heavy (non-hydrogen) atoms. The Morgan fingerprint density at radius 2 is 1.93 bits per heavy atom. The Bertz CT molecular complexity index is 826. The van der Waals surface area contributed by atoms with Crippen molar-refractivity contribution in [1.82, 2.24) is 19.1 Å². The van der Waals surface area contributed by atoms with Crippen LogP contribution in [0, 0.1) is 6.92 Å². The van der Waals surface area contributed by atoms with Gasteiger partial charge in [0.05, 0.1) is 6.26 Å². The minimum atomic E-state index is -3.20. The molecule has 0 spiro atoms.